The molecule has 1 unspecified atom stereocenters. The summed E-state index contributed by atoms with van der Waals surface area (Å²) in [6, 6.07) is 6.62. The number of aryl methyl sites for hydroxylation is 1. The standard InChI is InChI=1S/C13H18N2OS/c1-4-16-8-10(3)14-13-15-11-6-5-9(2)7-12(11)17-13/h5-7,10H,4,8H2,1-3H3,(H,14,15). The van der Waals surface area contributed by atoms with E-state index in [0.717, 1.165) is 17.3 Å². The van der Waals surface area contributed by atoms with E-state index < -0.39 is 0 Å². The Balaban J connectivity index is 2.08. The maximum absolute atomic E-state index is 5.38. The number of nitrogens with zero attached hydrogens (tertiary/aromatic N) is 1. The Morgan fingerprint density at radius 2 is 2.29 bits per heavy atom. The number of fused-ring (bicyclic) bond motifs is 1. The molecule has 1 atom stereocenters. The minimum absolute atomic E-state index is 0.289. The number of anilines is 1. The van der Waals surface area contributed by atoms with E-state index in [1.807, 2.05) is 6.92 Å². The number of hydrogen-bond donors (Lipinski definition) is 1. The van der Waals surface area contributed by atoms with Gasteiger partial charge >= 0.3 is 0 Å². The van der Waals surface area contributed by atoms with E-state index in [0.29, 0.717) is 6.61 Å². The van der Waals surface area contributed by atoms with E-state index in [-0.39, 0.29) is 6.04 Å². The molecule has 0 saturated heterocycles. The first-order chi connectivity index (χ1) is 8.19. The van der Waals surface area contributed by atoms with Gasteiger partial charge in [0.1, 0.15) is 0 Å². The Kier molecular flexibility index (Phi) is 3.97. The molecular formula is C13H18N2OS. The van der Waals surface area contributed by atoms with Gasteiger partial charge in [-0.05, 0) is 38.5 Å². The lowest BCUT2D eigenvalue weighted by atomic mass is 10.2. The fourth-order valence-electron chi connectivity index (χ4n) is 1.64. The fraction of sp³-hybridized carbons (Fsp3) is 0.462. The van der Waals surface area contributed by atoms with E-state index in [2.05, 4.69) is 42.3 Å². The Labute approximate surface area is 106 Å². The van der Waals surface area contributed by atoms with Crippen LogP contribution in [0, 0.1) is 6.92 Å². The highest BCUT2D eigenvalue weighted by molar-refractivity contribution is 7.22. The average molecular weight is 250 g/mol. The van der Waals surface area contributed by atoms with E-state index >= 15 is 0 Å². The van der Waals surface area contributed by atoms with Gasteiger partial charge in [-0.1, -0.05) is 17.4 Å². The highest BCUT2D eigenvalue weighted by Crippen LogP contribution is 2.26. The minimum Gasteiger partial charge on any atom is -0.380 e. The van der Waals surface area contributed by atoms with Crippen molar-refractivity contribution >= 4 is 26.7 Å². The Hall–Kier alpha value is -1.13. The zero-order valence-electron chi connectivity index (χ0n) is 10.5. The van der Waals surface area contributed by atoms with Crippen molar-refractivity contribution in [1.29, 1.82) is 0 Å². The summed E-state index contributed by atoms with van der Waals surface area (Å²) in [7, 11) is 0. The molecule has 0 aliphatic rings. The van der Waals surface area contributed by atoms with Gasteiger partial charge in [-0.25, -0.2) is 4.98 Å². The third-order valence-electron chi connectivity index (χ3n) is 2.49. The molecule has 92 valence electrons. The number of ether oxygens (including phenoxy) is 1. The number of nitrogens with one attached hydrogen (secondary N) is 1. The van der Waals surface area contributed by atoms with Gasteiger partial charge in [-0.2, -0.15) is 0 Å². The smallest absolute Gasteiger partial charge is 0.184 e. The van der Waals surface area contributed by atoms with Gasteiger partial charge in [-0.15, -0.1) is 0 Å². The average Bonchev–Trinajstić information content (AvgIpc) is 2.67. The van der Waals surface area contributed by atoms with Crippen LogP contribution in [0.25, 0.3) is 10.2 Å². The molecule has 2 rings (SSSR count). The number of aromatic nitrogens is 1. The first-order valence-electron chi connectivity index (χ1n) is 5.90. The zero-order valence-corrected chi connectivity index (χ0v) is 11.3. The molecular weight excluding hydrogens is 232 g/mol. The summed E-state index contributed by atoms with van der Waals surface area (Å²) >= 11 is 1.70. The van der Waals surface area contributed by atoms with Crippen molar-refractivity contribution < 1.29 is 4.74 Å². The van der Waals surface area contributed by atoms with Crippen LogP contribution in [0.15, 0.2) is 18.2 Å². The molecule has 1 aromatic carbocycles. The molecule has 0 radical (unpaired) electrons. The summed E-state index contributed by atoms with van der Waals surface area (Å²) in [5.41, 5.74) is 2.33. The third-order valence-corrected chi connectivity index (χ3v) is 3.44. The van der Waals surface area contributed by atoms with Crippen LogP contribution in [0.3, 0.4) is 0 Å². The molecule has 0 bridgehead atoms. The molecule has 0 amide bonds. The second-order valence-electron chi connectivity index (χ2n) is 4.20. The predicted molar refractivity (Wildman–Crippen MR) is 73.9 cm³/mol. The van der Waals surface area contributed by atoms with Gasteiger partial charge in [0, 0.05) is 12.6 Å². The molecule has 1 N–H and O–H groups in total. The van der Waals surface area contributed by atoms with E-state index in [1.165, 1.54) is 10.3 Å². The number of rotatable bonds is 5. The van der Waals surface area contributed by atoms with Crippen molar-refractivity contribution in [2.75, 3.05) is 18.5 Å². The molecule has 2 aromatic rings. The first-order valence-corrected chi connectivity index (χ1v) is 6.72. The predicted octanol–water partition coefficient (Wildman–Crippen LogP) is 3.44. The first kappa shape index (κ1) is 12.3. The quantitative estimate of drug-likeness (QED) is 0.882. The summed E-state index contributed by atoms with van der Waals surface area (Å²) in [5.74, 6) is 0. The summed E-state index contributed by atoms with van der Waals surface area (Å²) in [6.45, 7) is 7.68. The van der Waals surface area contributed by atoms with Crippen molar-refractivity contribution in [2.45, 2.75) is 26.8 Å². The number of thiazole rings is 1. The van der Waals surface area contributed by atoms with Crippen LogP contribution in [-0.2, 0) is 4.74 Å². The van der Waals surface area contributed by atoms with Crippen LogP contribution in [-0.4, -0.2) is 24.2 Å². The van der Waals surface area contributed by atoms with Gasteiger partial charge in [-0.3, -0.25) is 0 Å². The molecule has 0 spiro atoms. The van der Waals surface area contributed by atoms with Crippen LogP contribution < -0.4 is 5.32 Å². The molecule has 0 aliphatic heterocycles. The Morgan fingerprint density at radius 1 is 1.47 bits per heavy atom. The summed E-state index contributed by atoms with van der Waals surface area (Å²) in [5, 5.41) is 4.34. The number of benzene rings is 1. The van der Waals surface area contributed by atoms with Gasteiger partial charge in [0.2, 0.25) is 0 Å². The lowest BCUT2D eigenvalue weighted by Gasteiger charge is -2.11. The van der Waals surface area contributed by atoms with Crippen LogP contribution in [0.5, 0.6) is 0 Å². The minimum atomic E-state index is 0.289. The molecule has 1 heterocycles. The Bertz CT molecular complexity index is 495. The SMILES string of the molecule is CCOCC(C)Nc1nc2ccc(C)cc2s1. The van der Waals surface area contributed by atoms with Gasteiger partial charge < -0.3 is 10.1 Å². The fourth-order valence-corrected chi connectivity index (χ4v) is 2.72. The van der Waals surface area contributed by atoms with Gasteiger partial charge in [0.25, 0.3) is 0 Å². The van der Waals surface area contributed by atoms with Crippen LogP contribution in [0.2, 0.25) is 0 Å². The molecule has 3 nitrogen and oxygen atoms in total. The topological polar surface area (TPSA) is 34.1 Å². The van der Waals surface area contributed by atoms with Crippen molar-refractivity contribution in [3.63, 3.8) is 0 Å². The normalized spacial score (nSPS) is 12.9. The largest absolute Gasteiger partial charge is 0.380 e. The van der Waals surface area contributed by atoms with Crippen LogP contribution in [0.1, 0.15) is 19.4 Å². The van der Waals surface area contributed by atoms with Gasteiger partial charge in [0.05, 0.1) is 16.8 Å². The van der Waals surface area contributed by atoms with Crippen molar-refractivity contribution in [2.24, 2.45) is 0 Å². The molecule has 4 heteroatoms. The van der Waals surface area contributed by atoms with Crippen molar-refractivity contribution in [1.82, 2.24) is 4.98 Å². The van der Waals surface area contributed by atoms with E-state index in [9.17, 15) is 0 Å². The third kappa shape index (κ3) is 3.17. The summed E-state index contributed by atoms with van der Waals surface area (Å²) < 4.78 is 6.61. The van der Waals surface area contributed by atoms with Crippen LogP contribution >= 0.6 is 11.3 Å². The number of hydrogen-bond acceptors (Lipinski definition) is 4. The van der Waals surface area contributed by atoms with Crippen LogP contribution in [0.4, 0.5) is 5.13 Å². The molecule has 17 heavy (non-hydrogen) atoms. The zero-order chi connectivity index (χ0) is 12.3. The lowest BCUT2D eigenvalue weighted by molar-refractivity contribution is 0.141. The van der Waals surface area contributed by atoms with E-state index in [1.54, 1.807) is 11.3 Å². The molecule has 0 saturated carbocycles. The van der Waals surface area contributed by atoms with Crippen molar-refractivity contribution in [3.8, 4) is 0 Å². The highest BCUT2D eigenvalue weighted by Gasteiger charge is 2.07. The second kappa shape index (κ2) is 5.47. The molecule has 1 aromatic heterocycles. The molecule has 0 fully saturated rings. The monoisotopic (exact) mass is 250 g/mol. The lowest BCUT2D eigenvalue weighted by Crippen LogP contribution is -2.21. The van der Waals surface area contributed by atoms with Crippen molar-refractivity contribution in [3.05, 3.63) is 23.8 Å². The Morgan fingerprint density at radius 3 is 3.06 bits per heavy atom. The van der Waals surface area contributed by atoms with E-state index in [4.69, 9.17) is 4.74 Å². The second-order valence-corrected chi connectivity index (χ2v) is 5.23. The highest BCUT2D eigenvalue weighted by atomic mass is 32.1. The maximum atomic E-state index is 5.38. The maximum Gasteiger partial charge on any atom is 0.184 e. The van der Waals surface area contributed by atoms with Gasteiger partial charge in [0.15, 0.2) is 5.13 Å². The molecule has 0 aliphatic carbocycles. The summed E-state index contributed by atoms with van der Waals surface area (Å²) in [6.07, 6.45) is 0. The summed E-state index contributed by atoms with van der Waals surface area (Å²) in [4.78, 5) is 4.55.